The summed E-state index contributed by atoms with van der Waals surface area (Å²) in [5.74, 6) is 3.20. The van der Waals surface area contributed by atoms with Crippen molar-refractivity contribution in [3.63, 3.8) is 0 Å². The van der Waals surface area contributed by atoms with Crippen LogP contribution in [0.25, 0.3) is 0 Å². The van der Waals surface area contributed by atoms with Crippen LogP contribution in [0.15, 0.2) is 0 Å². The first-order valence-electron chi connectivity index (χ1n) is 8.37. The zero-order chi connectivity index (χ0) is 13.9. The Hall–Kier alpha value is -0.0800. The highest BCUT2D eigenvalue weighted by molar-refractivity contribution is 4.90. The second kappa shape index (κ2) is 6.58. The molecule has 0 aliphatic heterocycles. The normalized spacial score (nSPS) is 30.5. The second-order valence-electron chi connectivity index (χ2n) is 8.08. The standard InChI is InChI=1S/C17H34N2/c1-17(2,3)18-9-5-6-10-19(4)13-16-12-14-7-8-15(16)11-14/h14-16,18H,5-13H2,1-4H3. The topological polar surface area (TPSA) is 15.3 Å². The molecule has 0 aromatic rings. The van der Waals surface area contributed by atoms with E-state index in [0.717, 1.165) is 24.3 Å². The number of unbranched alkanes of at least 4 members (excludes halogenated alkanes) is 1. The fourth-order valence-electron chi connectivity index (χ4n) is 4.06. The maximum Gasteiger partial charge on any atom is 0.00965 e. The Balaban J connectivity index is 1.52. The summed E-state index contributed by atoms with van der Waals surface area (Å²) in [4.78, 5) is 2.59. The minimum Gasteiger partial charge on any atom is -0.312 e. The molecule has 3 unspecified atom stereocenters. The zero-order valence-electron chi connectivity index (χ0n) is 13.5. The molecule has 0 heterocycles. The summed E-state index contributed by atoms with van der Waals surface area (Å²) in [6.07, 6.45) is 8.77. The highest BCUT2D eigenvalue weighted by Gasteiger charge is 2.39. The molecule has 2 fully saturated rings. The molecule has 0 radical (unpaired) electrons. The SMILES string of the molecule is CN(CCCCNC(C)(C)C)CC1CC2CCC1C2. The molecule has 2 aliphatic rings. The zero-order valence-corrected chi connectivity index (χ0v) is 13.5. The van der Waals surface area contributed by atoms with Gasteiger partial charge in [0.05, 0.1) is 0 Å². The Kier molecular flexibility index (Phi) is 5.30. The van der Waals surface area contributed by atoms with E-state index in [1.54, 1.807) is 6.42 Å². The number of nitrogens with zero attached hydrogens (tertiary/aromatic N) is 1. The first kappa shape index (κ1) is 15.3. The number of hydrogen-bond donors (Lipinski definition) is 1. The molecule has 2 heteroatoms. The molecule has 2 saturated carbocycles. The molecule has 2 aliphatic carbocycles. The van der Waals surface area contributed by atoms with E-state index in [4.69, 9.17) is 0 Å². The third-order valence-corrected chi connectivity index (χ3v) is 5.05. The predicted octanol–water partition coefficient (Wildman–Crippen LogP) is 3.52. The summed E-state index contributed by atoms with van der Waals surface area (Å²) in [5.41, 5.74) is 0.273. The first-order chi connectivity index (χ1) is 8.94. The van der Waals surface area contributed by atoms with Crippen molar-refractivity contribution in [3.8, 4) is 0 Å². The van der Waals surface area contributed by atoms with Gasteiger partial charge in [0.1, 0.15) is 0 Å². The lowest BCUT2D eigenvalue weighted by Gasteiger charge is -2.27. The van der Waals surface area contributed by atoms with Gasteiger partial charge in [0, 0.05) is 12.1 Å². The Morgan fingerprint density at radius 1 is 1.11 bits per heavy atom. The minimum absolute atomic E-state index is 0.273. The quantitative estimate of drug-likeness (QED) is 0.709. The summed E-state index contributed by atoms with van der Waals surface area (Å²) in [5, 5.41) is 3.57. The molecule has 112 valence electrons. The molecule has 19 heavy (non-hydrogen) atoms. The van der Waals surface area contributed by atoms with Crippen molar-refractivity contribution < 1.29 is 0 Å². The van der Waals surface area contributed by atoms with E-state index in [-0.39, 0.29) is 5.54 Å². The predicted molar refractivity (Wildman–Crippen MR) is 83.4 cm³/mol. The summed E-state index contributed by atoms with van der Waals surface area (Å²) in [6.45, 7) is 10.5. The fraction of sp³-hybridized carbons (Fsp3) is 1.00. The van der Waals surface area contributed by atoms with Crippen molar-refractivity contribution in [2.24, 2.45) is 17.8 Å². The highest BCUT2D eigenvalue weighted by Crippen LogP contribution is 2.48. The van der Waals surface area contributed by atoms with E-state index >= 15 is 0 Å². The second-order valence-corrected chi connectivity index (χ2v) is 8.08. The van der Waals surface area contributed by atoms with Crippen LogP contribution in [-0.2, 0) is 0 Å². The molecule has 0 spiro atoms. The number of rotatable bonds is 7. The molecule has 2 rings (SSSR count). The van der Waals surface area contributed by atoms with Gasteiger partial charge in [0.25, 0.3) is 0 Å². The maximum atomic E-state index is 3.57. The number of nitrogens with one attached hydrogen (secondary N) is 1. The molecule has 0 aromatic heterocycles. The Bertz CT molecular complexity index is 269. The number of fused-ring (bicyclic) bond motifs is 2. The van der Waals surface area contributed by atoms with E-state index in [1.165, 1.54) is 45.2 Å². The van der Waals surface area contributed by atoms with Crippen LogP contribution >= 0.6 is 0 Å². The first-order valence-corrected chi connectivity index (χ1v) is 8.37. The van der Waals surface area contributed by atoms with Gasteiger partial charge in [-0.1, -0.05) is 6.42 Å². The Morgan fingerprint density at radius 3 is 2.47 bits per heavy atom. The van der Waals surface area contributed by atoms with Crippen LogP contribution in [0, 0.1) is 17.8 Å². The smallest absolute Gasteiger partial charge is 0.00965 e. The van der Waals surface area contributed by atoms with Crippen LogP contribution in [0.3, 0.4) is 0 Å². The molecular formula is C17H34N2. The van der Waals surface area contributed by atoms with E-state index in [1.807, 2.05) is 0 Å². The van der Waals surface area contributed by atoms with Gasteiger partial charge in [-0.25, -0.2) is 0 Å². The van der Waals surface area contributed by atoms with E-state index < -0.39 is 0 Å². The lowest BCUT2D eigenvalue weighted by Crippen LogP contribution is -2.36. The van der Waals surface area contributed by atoms with Gasteiger partial charge in [-0.2, -0.15) is 0 Å². The summed E-state index contributed by atoms with van der Waals surface area (Å²) >= 11 is 0. The number of hydrogen-bond acceptors (Lipinski definition) is 2. The molecule has 0 saturated heterocycles. The average Bonchev–Trinajstić information content (AvgIpc) is 2.88. The van der Waals surface area contributed by atoms with Crippen molar-refractivity contribution in [1.29, 1.82) is 0 Å². The molecule has 1 N–H and O–H groups in total. The highest BCUT2D eigenvalue weighted by atomic mass is 15.1. The van der Waals surface area contributed by atoms with Gasteiger partial charge in [-0.15, -0.1) is 0 Å². The van der Waals surface area contributed by atoms with Gasteiger partial charge in [-0.3, -0.25) is 0 Å². The van der Waals surface area contributed by atoms with Crippen molar-refractivity contribution >= 4 is 0 Å². The lowest BCUT2D eigenvalue weighted by molar-refractivity contribution is 0.216. The van der Waals surface area contributed by atoms with Crippen molar-refractivity contribution in [2.45, 2.75) is 64.8 Å². The van der Waals surface area contributed by atoms with E-state index in [9.17, 15) is 0 Å². The summed E-state index contributed by atoms with van der Waals surface area (Å²) in [7, 11) is 2.32. The van der Waals surface area contributed by atoms with Gasteiger partial charge >= 0.3 is 0 Å². The van der Waals surface area contributed by atoms with Gasteiger partial charge in [-0.05, 0) is 90.8 Å². The van der Waals surface area contributed by atoms with Crippen LogP contribution in [-0.4, -0.2) is 37.1 Å². The van der Waals surface area contributed by atoms with Crippen LogP contribution in [0.1, 0.15) is 59.3 Å². The van der Waals surface area contributed by atoms with Crippen LogP contribution in [0.2, 0.25) is 0 Å². The third-order valence-electron chi connectivity index (χ3n) is 5.05. The molecule has 0 aromatic carbocycles. The fourth-order valence-corrected chi connectivity index (χ4v) is 4.06. The maximum absolute atomic E-state index is 3.57. The molecule has 0 amide bonds. The molecule has 3 atom stereocenters. The van der Waals surface area contributed by atoms with Crippen LogP contribution in [0.4, 0.5) is 0 Å². The van der Waals surface area contributed by atoms with Gasteiger partial charge in [0.15, 0.2) is 0 Å². The molecular weight excluding hydrogens is 232 g/mol. The van der Waals surface area contributed by atoms with Crippen LogP contribution < -0.4 is 5.32 Å². The largest absolute Gasteiger partial charge is 0.312 e. The Labute approximate surface area is 120 Å². The average molecular weight is 266 g/mol. The lowest BCUT2D eigenvalue weighted by atomic mass is 9.88. The van der Waals surface area contributed by atoms with E-state index in [0.29, 0.717) is 0 Å². The van der Waals surface area contributed by atoms with Crippen LogP contribution in [0.5, 0.6) is 0 Å². The Morgan fingerprint density at radius 2 is 1.89 bits per heavy atom. The monoisotopic (exact) mass is 266 g/mol. The van der Waals surface area contributed by atoms with Gasteiger partial charge in [0.2, 0.25) is 0 Å². The molecule has 2 nitrogen and oxygen atoms in total. The minimum atomic E-state index is 0.273. The van der Waals surface area contributed by atoms with Crippen molar-refractivity contribution in [2.75, 3.05) is 26.7 Å². The summed E-state index contributed by atoms with van der Waals surface area (Å²) < 4.78 is 0. The van der Waals surface area contributed by atoms with Crippen molar-refractivity contribution in [1.82, 2.24) is 10.2 Å². The van der Waals surface area contributed by atoms with E-state index in [2.05, 4.69) is 38.0 Å². The van der Waals surface area contributed by atoms with Crippen molar-refractivity contribution in [3.05, 3.63) is 0 Å². The molecule has 2 bridgehead atoms. The summed E-state index contributed by atoms with van der Waals surface area (Å²) in [6, 6.07) is 0. The van der Waals surface area contributed by atoms with Gasteiger partial charge < -0.3 is 10.2 Å². The third kappa shape index (κ3) is 5.07.